The van der Waals surface area contributed by atoms with Crippen LogP contribution < -0.4 is 9.47 Å². The molecular formula is C31H36FN5O5. The number of benzene rings is 2. The molecule has 2 aromatic heterocycles. The van der Waals surface area contributed by atoms with Crippen LogP contribution in [0, 0.1) is 11.7 Å². The monoisotopic (exact) mass is 577 g/mol. The lowest BCUT2D eigenvalue weighted by Gasteiger charge is -2.24. The van der Waals surface area contributed by atoms with E-state index in [0.717, 1.165) is 12.0 Å². The lowest BCUT2D eigenvalue weighted by Crippen LogP contribution is -2.35. The first-order valence-electron chi connectivity index (χ1n) is 14.1. The van der Waals surface area contributed by atoms with Crippen molar-refractivity contribution in [1.82, 2.24) is 24.6 Å². The maximum absolute atomic E-state index is 14.2. The Kier molecular flexibility index (Phi) is 8.86. The van der Waals surface area contributed by atoms with E-state index in [1.807, 2.05) is 51.1 Å². The predicted molar refractivity (Wildman–Crippen MR) is 154 cm³/mol. The van der Waals surface area contributed by atoms with E-state index < -0.39 is 11.4 Å². The second-order valence-electron chi connectivity index (χ2n) is 11.3. The average molecular weight is 578 g/mol. The molecule has 0 aliphatic carbocycles. The summed E-state index contributed by atoms with van der Waals surface area (Å²) in [7, 11) is 0. The zero-order valence-corrected chi connectivity index (χ0v) is 24.1. The summed E-state index contributed by atoms with van der Waals surface area (Å²) in [5.41, 5.74) is 1.41. The summed E-state index contributed by atoms with van der Waals surface area (Å²) >= 11 is 0. The molecule has 11 heteroatoms. The number of carbonyl (C=O) groups excluding carboxylic acids is 1. The number of carbonyl (C=O) groups is 1. The van der Waals surface area contributed by atoms with Gasteiger partial charge in [0.25, 0.3) is 0 Å². The lowest BCUT2D eigenvalue weighted by molar-refractivity contribution is 0.0288. The van der Waals surface area contributed by atoms with Gasteiger partial charge in [0, 0.05) is 38.6 Å². The molecule has 1 aliphatic rings. The Morgan fingerprint density at radius 3 is 2.69 bits per heavy atom. The highest BCUT2D eigenvalue weighted by Crippen LogP contribution is 2.31. The van der Waals surface area contributed by atoms with E-state index in [1.54, 1.807) is 21.8 Å². The number of hydrogen-bond donors (Lipinski definition) is 1. The normalized spacial score (nSPS) is 15.3. The summed E-state index contributed by atoms with van der Waals surface area (Å²) in [5.74, 6) is 0.901. The number of likely N-dealkylation sites (tertiary alicyclic amines) is 1. The summed E-state index contributed by atoms with van der Waals surface area (Å²) in [6, 6.07) is 14.0. The largest absolute Gasteiger partial charge is 0.491 e. The number of amides is 1. The topological polar surface area (TPSA) is 112 Å². The number of ether oxygens (including phenoxy) is 3. The zero-order valence-electron chi connectivity index (χ0n) is 24.1. The Labute approximate surface area is 244 Å². The molecule has 1 amide bonds. The molecule has 222 valence electrons. The summed E-state index contributed by atoms with van der Waals surface area (Å²) in [6.07, 6.45) is 3.02. The smallest absolute Gasteiger partial charge is 0.410 e. The fraction of sp³-hybridized carbons (Fsp3) is 0.419. The number of halogens is 1. The third-order valence-electron chi connectivity index (χ3n) is 6.78. The van der Waals surface area contributed by atoms with Crippen molar-refractivity contribution < 1.29 is 28.5 Å². The van der Waals surface area contributed by atoms with E-state index in [2.05, 4.69) is 5.10 Å². The molecule has 4 aromatic rings. The lowest BCUT2D eigenvalue weighted by atomic mass is 10.0. The quantitative estimate of drug-likeness (QED) is 0.259. The highest BCUT2D eigenvalue weighted by Gasteiger charge is 2.31. The fourth-order valence-electron chi connectivity index (χ4n) is 4.80. The first-order valence-corrected chi connectivity index (χ1v) is 14.1. The highest BCUT2D eigenvalue weighted by molar-refractivity contribution is 5.82. The van der Waals surface area contributed by atoms with Gasteiger partial charge in [-0.3, -0.25) is 0 Å². The number of hydrogen-bond acceptors (Lipinski definition) is 8. The number of nitrogens with zero attached hydrogens (tertiary/aromatic N) is 5. The molecule has 0 bridgehead atoms. The number of rotatable bonds is 10. The van der Waals surface area contributed by atoms with E-state index in [0.29, 0.717) is 61.0 Å². The standard InChI is InChI=1S/C31H36FN5O5/c1-31(2,3)42-30(39)36-13-12-22(19-36)16-27-34-28-24(29(35-27)41-20-21-8-5-4-6-9-21)18-33-37(28)25-11-10-23(32)17-26(25)40-15-7-14-38/h4-6,8-11,17-18,22,38H,7,12-16,19-20H2,1-3H3/t22-/m1/s1. The Morgan fingerprint density at radius 2 is 1.93 bits per heavy atom. The molecule has 1 fully saturated rings. The van der Waals surface area contributed by atoms with Crippen LogP contribution in [0.3, 0.4) is 0 Å². The molecule has 42 heavy (non-hydrogen) atoms. The maximum atomic E-state index is 14.2. The first-order chi connectivity index (χ1) is 20.2. The van der Waals surface area contributed by atoms with E-state index >= 15 is 0 Å². The number of aliphatic hydroxyl groups is 1. The van der Waals surface area contributed by atoms with Crippen molar-refractivity contribution >= 4 is 17.1 Å². The van der Waals surface area contributed by atoms with Crippen molar-refractivity contribution in [1.29, 1.82) is 0 Å². The summed E-state index contributed by atoms with van der Waals surface area (Å²) in [4.78, 5) is 24.0. The second kappa shape index (κ2) is 12.7. The fourth-order valence-corrected chi connectivity index (χ4v) is 4.80. The van der Waals surface area contributed by atoms with Crippen LogP contribution >= 0.6 is 0 Å². The van der Waals surface area contributed by atoms with Gasteiger partial charge in [-0.15, -0.1) is 0 Å². The molecule has 5 rings (SSSR count). The number of fused-ring (bicyclic) bond motifs is 1. The van der Waals surface area contributed by atoms with Gasteiger partial charge in [-0.25, -0.2) is 18.9 Å². The van der Waals surface area contributed by atoms with Gasteiger partial charge in [-0.2, -0.15) is 10.1 Å². The molecule has 1 N–H and O–H groups in total. The Bertz CT molecular complexity index is 1520. The minimum Gasteiger partial charge on any atom is -0.491 e. The summed E-state index contributed by atoms with van der Waals surface area (Å²) in [5, 5.41) is 14.3. The minimum atomic E-state index is -0.562. The van der Waals surface area contributed by atoms with Gasteiger partial charge < -0.3 is 24.2 Å². The molecule has 10 nitrogen and oxygen atoms in total. The van der Waals surface area contributed by atoms with Gasteiger partial charge in [0.1, 0.15) is 40.7 Å². The van der Waals surface area contributed by atoms with Gasteiger partial charge in [0.05, 0.1) is 12.8 Å². The van der Waals surface area contributed by atoms with Gasteiger partial charge >= 0.3 is 6.09 Å². The van der Waals surface area contributed by atoms with Gasteiger partial charge in [-0.05, 0) is 50.8 Å². The molecular weight excluding hydrogens is 541 g/mol. The molecule has 1 aliphatic heterocycles. The van der Waals surface area contributed by atoms with Crippen molar-refractivity contribution in [2.75, 3.05) is 26.3 Å². The van der Waals surface area contributed by atoms with Crippen LogP contribution in [0.1, 0.15) is 45.0 Å². The molecule has 2 aromatic carbocycles. The molecule has 3 heterocycles. The molecule has 1 saturated heterocycles. The third-order valence-corrected chi connectivity index (χ3v) is 6.78. The molecule has 0 saturated carbocycles. The van der Waals surface area contributed by atoms with Gasteiger partial charge in [0.15, 0.2) is 5.65 Å². The maximum Gasteiger partial charge on any atom is 0.410 e. The van der Waals surface area contributed by atoms with E-state index in [1.165, 1.54) is 12.1 Å². The SMILES string of the molecule is CC(C)(C)OC(=O)N1CC[C@H](Cc2nc(OCc3ccccc3)c3cnn(-c4ccc(F)cc4OCCCO)c3n2)C1. The summed E-state index contributed by atoms with van der Waals surface area (Å²) < 4.78 is 33.3. The van der Waals surface area contributed by atoms with Crippen LogP contribution in [-0.4, -0.2) is 67.8 Å². The predicted octanol–water partition coefficient (Wildman–Crippen LogP) is 5.09. The zero-order chi connectivity index (χ0) is 29.7. The van der Waals surface area contributed by atoms with E-state index in [9.17, 15) is 9.18 Å². The van der Waals surface area contributed by atoms with E-state index in [4.69, 9.17) is 29.3 Å². The number of aromatic nitrogens is 4. The Morgan fingerprint density at radius 1 is 1.12 bits per heavy atom. The van der Waals surface area contributed by atoms with Crippen LogP contribution in [0.4, 0.5) is 9.18 Å². The van der Waals surface area contributed by atoms with Crippen LogP contribution in [0.25, 0.3) is 16.7 Å². The van der Waals surface area contributed by atoms with E-state index in [-0.39, 0.29) is 31.0 Å². The van der Waals surface area contributed by atoms with Crippen LogP contribution in [0.15, 0.2) is 54.7 Å². The highest BCUT2D eigenvalue weighted by atomic mass is 19.1. The molecule has 0 unspecified atom stereocenters. The van der Waals surface area contributed by atoms with Crippen molar-refractivity contribution in [3.05, 3.63) is 71.9 Å². The second-order valence-corrected chi connectivity index (χ2v) is 11.3. The van der Waals surface area contributed by atoms with Gasteiger partial charge in [-0.1, -0.05) is 30.3 Å². The van der Waals surface area contributed by atoms with Crippen LogP contribution in [-0.2, 0) is 17.8 Å². The van der Waals surface area contributed by atoms with Crippen molar-refractivity contribution in [3.63, 3.8) is 0 Å². The number of aliphatic hydroxyl groups excluding tert-OH is 1. The summed E-state index contributed by atoms with van der Waals surface area (Å²) in [6.45, 7) is 7.18. The van der Waals surface area contributed by atoms with Crippen LogP contribution in [0.5, 0.6) is 11.6 Å². The molecule has 1 atom stereocenters. The molecule has 0 radical (unpaired) electrons. The van der Waals surface area contributed by atoms with Crippen molar-refractivity contribution in [2.45, 2.75) is 52.2 Å². The molecule has 0 spiro atoms. The Balaban J connectivity index is 1.46. The van der Waals surface area contributed by atoms with Crippen molar-refractivity contribution in [2.24, 2.45) is 5.92 Å². The third kappa shape index (κ3) is 7.14. The minimum absolute atomic E-state index is 0.0411. The van der Waals surface area contributed by atoms with Crippen molar-refractivity contribution in [3.8, 4) is 17.3 Å². The Hall–Kier alpha value is -4.25. The first kappa shape index (κ1) is 29.2. The van der Waals surface area contributed by atoms with Crippen LogP contribution in [0.2, 0.25) is 0 Å². The average Bonchev–Trinajstić information content (AvgIpc) is 3.59. The van der Waals surface area contributed by atoms with Gasteiger partial charge in [0.2, 0.25) is 5.88 Å².